The van der Waals surface area contributed by atoms with Crippen LogP contribution in [-0.2, 0) is 6.54 Å². The number of thiazole rings is 1. The molecule has 102 valence electrons. The van der Waals surface area contributed by atoms with Crippen molar-refractivity contribution in [2.75, 3.05) is 44.7 Å². The Morgan fingerprint density at radius 2 is 2.06 bits per heavy atom. The summed E-state index contributed by atoms with van der Waals surface area (Å²) in [6.07, 6.45) is 2.00. The molecule has 0 unspecified atom stereocenters. The summed E-state index contributed by atoms with van der Waals surface area (Å²) in [5, 5.41) is 4.36. The fourth-order valence-electron chi connectivity index (χ4n) is 2.34. The molecule has 1 saturated heterocycles. The molecule has 0 aromatic carbocycles. The first-order chi connectivity index (χ1) is 8.69. The largest absolute Gasteiger partial charge is 0.346 e. The van der Waals surface area contributed by atoms with Gasteiger partial charge in [0, 0.05) is 50.3 Å². The first-order valence-electron chi connectivity index (χ1n) is 6.75. The fraction of sp³-hybridized carbons (Fsp3) is 0.769. The normalized spacial score (nSPS) is 17.7. The van der Waals surface area contributed by atoms with E-state index in [1.165, 1.54) is 29.6 Å². The van der Waals surface area contributed by atoms with Gasteiger partial charge in [-0.1, -0.05) is 13.8 Å². The predicted octanol–water partition coefficient (Wildman–Crippen LogP) is 1.64. The van der Waals surface area contributed by atoms with Crippen LogP contribution in [0.15, 0.2) is 6.20 Å². The molecule has 1 N–H and O–H groups in total. The monoisotopic (exact) mass is 268 g/mol. The third kappa shape index (κ3) is 3.67. The Hall–Kier alpha value is -0.650. The van der Waals surface area contributed by atoms with Crippen LogP contribution in [0, 0.1) is 5.92 Å². The molecular weight excluding hydrogens is 244 g/mol. The van der Waals surface area contributed by atoms with Crippen LogP contribution in [-0.4, -0.2) is 49.7 Å². The summed E-state index contributed by atoms with van der Waals surface area (Å²) in [6.45, 7) is 11.3. The molecule has 2 rings (SSSR count). The number of anilines is 1. The Balaban J connectivity index is 1.84. The van der Waals surface area contributed by atoms with Crippen molar-refractivity contribution in [1.82, 2.24) is 15.2 Å². The molecule has 18 heavy (non-hydrogen) atoms. The lowest BCUT2D eigenvalue weighted by atomic mass is 10.2. The molecule has 0 saturated carbocycles. The second-order valence-electron chi connectivity index (χ2n) is 5.32. The van der Waals surface area contributed by atoms with Crippen LogP contribution >= 0.6 is 11.3 Å². The molecular formula is C13H24N4S. The average molecular weight is 268 g/mol. The van der Waals surface area contributed by atoms with E-state index >= 15 is 0 Å². The maximum Gasteiger partial charge on any atom is 0.185 e. The van der Waals surface area contributed by atoms with E-state index in [4.69, 9.17) is 0 Å². The molecule has 4 nitrogen and oxygen atoms in total. The SMILES string of the molecule is CNCc1cnc(N2CCN(CC(C)C)CC2)s1. The van der Waals surface area contributed by atoms with Crippen LogP contribution < -0.4 is 10.2 Å². The quantitative estimate of drug-likeness (QED) is 0.880. The Morgan fingerprint density at radius 1 is 1.33 bits per heavy atom. The highest BCUT2D eigenvalue weighted by atomic mass is 32.1. The van der Waals surface area contributed by atoms with E-state index in [1.807, 2.05) is 24.6 Å². The number of rotatable bonds is 5. The number of hydrogen-bond donors (Lipinski definition) is 1. The van der Waals surface area contributed by atoms with Crippen molar-refractivity contribution in [2.45, 2.75) is 20.4 Å². The number of nitrogens with zero attached hydrogens (tertiary/aromatic N) is 3. The summed E-state index contributed by atoms with van der Waals surface area (Å²) in [6, 6.07) is 0. The van der Waals surface area contributed by atoms with Crippen molar-refractivity contribution in [3.8, 4) is 0 Å². The van der Waals surface area contributed by atoms with Gasteiger partial charge in [-0.15, -0.1) is 11.3 Å². The molecule has 0 spiro atoms. The highest BCUT2D eigenvalue weighted by Crippen LogP contribution is 2.23. The summed E-state index contributed by atoms with van der Waals surface area (Å²) in [5.74, 6) is 0.763. The van der Waals surface area contributed by atoms with Crippen molar-refractivity contribution >= 4 is 16.5 Å². The summed E-state index contributed by atoms with van der Waals surface area (Å²) >= 11 is 1.81. The lowest BCUT2D eigenvalue weighted by Gasteiger charge is -2.35. The van der Waals surface area contributed by atoms with Gasteiger partial charge in [-0.2, -0.15) is 0 Å². The molecule has 1 aromatic heterocycles. The minimum absolute atomic E-state index is 0.763. The van der Waals surface area contributed by atoms with Gasteiger partial charge in [-0.3, -0.25) is 4.90 Å². The number of nitrogens with one attached hydrogen (secondary N) is 1. The van der Waals surface area contributed by atoms with E-state index in [9.17, 15) is 0 Å². The van der Waals surface area contributed by atoms with Crippen molar-refractivity contribution in [3.05, 3.63) is 11.1 Å². The summed E-state index contributed by atoms with van der Waals surface area (Å²) in [7, 11) is 1.98. The van der Waals surface area contributed by atoms with Gasteiger partial charge in [-0.05, 0) is 13.0 Å². The van der Waals surface area contributed by atoms with Crippen molar-refractivity contribution in [1.29, 1.82) is 0 Å². The average Bonchev–Trinajstić information content (AvgIpc) is 2.78. The van der Waals surface area contributed by atoms with E-state index in [-0.39, 0.29) is 0 Å². The predicted molar refractivity (Wildman–Crippen MR) is 78.4 cm³/mol. The molecule has 1 fully saturated rings. The van der Waals surface area contributed by atoms with Gasteiger partial charge in [0.05, 0.1) is 0 Å². The summed E-state index contributed by atoms with van der Waals surface area (Å²) in [4.78, 5) is 10.8. The highest BCUT2D eigenvalue weighted by molar-refractivity contribution is 7.15. The molecule has 1 aliphatic heterocycles. The second-order valence-corrected chi connectivity index (χ2v) is 6.41. The molecule has 0 radical (unpaired) electrons. The maximum absolute atomic E-state index is 4.53. The van der Waals surface area contributed by atoms with Gasteiger partial charge >= 0.3 is 0 Å². The van der Waals surface area contributed by atoms with Gasteiger partial charge in [0.15, 0.2) is 5.13 Å². The zero-order valence-electron chi connectivity index (χ0n) is 11.6. The molecule has 2 heterocycles. The molecule has 0 bridgehead atoms. The standard InChI is InChI=1S/C13H24N4S/c1-11(2)10-16-4-6-17(7-5-16)13-15-9-12(18-13)8-14-3/h9,11,14H,4-8,10H2,1-3H3. The Labute approximate surface area is 114 Å². The molecule has 1 aliphatic rings. The van der Waals surface area contributed by atoms with E-state index in [0.717, 1.165) is 25.6 Å². The third-order valence-corrected chi connectivity index (χ3v) is 4.22. The third-order valence-electron chi connectivity index (χ3n) is 3.16. The van der Waals surface area contributed by atoms with Gasteiger partial charge < -0.3 is 10.2 Å². The molecule has 5 heteroatoms. The second kappa shape index (κ2) is 6.50. The Morgan fingerprint density at radius 3 is 2.67 bits per heavy atom. The van der Waals surface area contributed by atoms with Crippen LogP contribution in [0.4, 0.5) is 5.13 Å². The fourth-order valence-corrected chi connectivity index (χ4v) is 3.31. The first-order valence-corrected chi connectivity index (χ1v) is 7.57. The number of piperazine rings is 1. The van der Waals surface area contributed by atoms with Crippen molar-refractivity contribution in [3.63, 3.8) is 0 Å². The van der Waals surface area contributed by atoms with E-state index < -0.39 is 0 Å². The van der Waals surface area contributed by atoms with Crippen LogP contribution in [0.1, 0.15) is 18.7 Å². The van der Waals surface area contributed by atoms with Crippen LogP contribution in [0.25, 0.3) is 0 Å². The van der Waals surface area contributed by atoms with Crippen molar-refractivity contribution < 1.29 is 0 Å². The van der Waals surface area contributed by atoms with Crippen LogP contribution in [0.2, 0.25) is 0 Å². The molecule has 0 atom stereocenters. The van der Waals surface area contributed by atoms with Gasteiger partial charge in [-0.25, -0.2) is 4.98 Å². The van der Waals surface area contributed by atoms with Crippen LogP contribution in [0.3, 0.4) is 0 Å². The van der Waals surface area contributed by atoms with Crippen molar-refractivity contribution in [2.24, 2.45) is 5.92 Å². The van der Waals surface area contributed by atoms with E-state index in [1.54, 1.807) is 0 Å². The van der Waals surface area contributed by atoms with Gasteiger partial charge in [0.1, 0.15) is 0 Å². The van der Waals surface area contributed by atoms with E-state index in [0.29, 0.717) is 0 Å². The zero-order chi connectivity index (χ0) is 13.0. The minimum Gasteiger partial charge on any atom is -0.346 e. The maximum atomic E-state index is 4.53. The first kappa shape index (κ1) is 13.8. The van der Waals surface area contributed by atoms with Crippen LogP contribution in [0.5, 0.6) is 0 Å². The highest BCUT2D eigenvalue weighted by Gasteiger charge is 2.19. The summed E-state index contributed by atoms with van der Waals surface area (Å²) in [5.41, 5.74) is 0. The lowest BCUT2D eigenvalue weighted by Crippen LogP contribution is -2.47. The van der Waals surface area contributed by atoms with Gasteiger partial charge in [0.2, 0.25) is 0 Å². The number of hydrogen-bond acceptors (Lipinski definition) is 5. The molecule has 1 aromatic rings. The minimum atomic E-state index is 0.763. The molecule has 0 amide bonds. The lowest BCUT2D eigenvalue weighted by molar-refractivity contribution is 0.231. The summed E-state index contributed by atoms with van der Waals surface area (Å²) < 4.78 is 0. The Kier molecular flexibility index (Phi) is 4.97. The van der Waals surface area contributed by atoms with E-state index in [2.05, 4.69) is 33.9 Å². The number of aromatic nitrogens is 1. The Bertz CT molecular complexity index is 356. The topological polar surface area (TPSA) is 31.4 Å². The molecule has 0 aliphatic carbocycles. The van der Waals surface area contributed by atoms with Gasteiger partial charge in [0.25, 0.3) is 0 Å². The zero-order valence-corrected chi connectivity index (χ0v) is 12.5. The smallest absolute Gasteiger partial charge is 0.185 e.